The second kappa shape index (κ2) is 10.2. The van der Waals surface area contributed by atoms with Crippen molar-refractivity contribution >= 4 is 35.3 Å². The summed E-state index contributed by atoms with van der Waals surface area (Å²) in [7, 11) is 0. The molecule has 1 aromatic heterocycles. The van der Waals surface area contributed by atoms with Crippen molar-refractivity contribution in [2.24, 2.45) is 5.10 Å². The molecule has 0 spiro atoms. The molecule has 0 saturated heterocycles. The fraction of sp³-hybridized carbons (Fsp3) is 0.182. The normalized spacial score (nSPS) is 10.9. The molecule has 0 saturated carbocycles. The third kappa shape index (κ3) is 5.78. The number of nitrogens with one attached hydrogen (secondary N) is 1. The number of aryl methyl sites for hydroxylation is 1. The molecule has 0 aliphatic heterocycles. The zero-order valence-corrected chi connectivity index (χ0v) is 18.0. The predicted molar refractivity (Wildman–Crippen MR) is 117 cm³/mol. The van der Waals surface area contributed by atoms with E-state index in [1.807, 2.05) is 19.1 Å². The number of carbonyl (C=O) groups excluding carboxylic acids is 1. The number of halogens is 2. The van der Waals surface area contributed by atoms with Crippen molar-refractivity contribution in [1.82, 2.24) is 5.43 Å². The van der Waals surface area contributed by atoms with Crippen LogP contribution < -0.4 is 14.9 Å². The Bertz CT molecular complexity index is 1050. The SMILES string of the molecule is CCOc1cc(/C=N\NC(=O)c2ccc(C)o2)cc(Cl)c1OCc1ccc(Cl)cc1. The van der Waals surface area contributed by atoms with Crippen molar-refractivity contribution in [3.63, 3.8) is 0 Å². The second-order valence-corrected chi connectivity index (χ2v) is 7.13. The lowest BCUT2D eigenvalue weighted by molar-refractivity contribution is 0.0926. The highest BCUT2D eigenvalue weighted by Crippen LogP contribution is 2.37. The molecule has 2 aromatic carbocycles. The molecule has 0 radical (unpaired) electrons. The molecule has 0 aliphatic rings. The molecule has 0 unspecified atom stereocenters. The molecule has 1 N–H and O–H groups in total. The summed E-state index contributed by atoms with van der Waals surface area (Å²) in [5, 5.41) is 4.97. The Labute approximate surface area is 184 Å². The van der Waals surface area contributed by atoms with Crippen molar-refractivity contribution in [1.29, 1.82) is 0 Å². The summed E-state index contributed by atoms with van der Waals surface area (Å²) >= 11 is 12.3. The third-order valence-electron chi connectivity index (χ3n) is 3.97. The van der Waals surface area contributed by atoms with Crippen LogP contribution in [-0.4, -0.2) is 18.7 Å². The van der Waals surface area contributed by atoms with Gasteiger partial charge in [0.15, 0.2) is 17.3 Å². The van der Waals surface area contributed by atoms with Gasteiger partial charge in [0.25, 0.3) is 0 Å². The van der Waals surface area contributed by atoms with Crippen molar-refractivity contribution in [2.45, 2.75) is 20.5 Å². The van der Waals surface area contributed by atoms with Gasteiger partial charge >= 0.3 is 5.91 Å². The summed E-state index contributed by atoms with van der Waals surface area (Å²) in [5.74, 6) is 1.29. The van der Waals surface area contributed by atoms with Crippen LogP contribution >= 0.6 is 23.2 Å². The maximum Gasteiger partial charge on any atom is 0.307 e. The number of ether oxygens (including phenoxy) is 2. The topological polar surface area (TPSA) is 73.1 Å². The van der Waals surface area contributed by atoms with E-state index in [0.29, 0.717) is 46.1 Å². The second-order valence-electron chi connectivity index (χ2n) is 6.29. The number of amides is 1. The van der Waals surface area contributed by atoms with Crippen LogP contribution in [0, 0.1) is 6.92 Å². The molecule has 1 amide bonds. The van der Waals surface area contributed by atoms with E-state index in [1.54, 1.807) is 43.3 Å². The standard InChI is InChI=1S/C22H20Cl2N2O4/c1-3-28-20-11-16(12-25-26-22(27)19-9-4-14(2)30-19)10-18(24)21(20)29-13-15-5-7-17(23)8-6-15/h4-12H,3,13H2,1-2H3,(H,26,27)/b25-12-. The number of furan rings is 1. The summed E-state index contributed by atoms with van der Waals surface area (Å²) in [6, 6.07) is 14.0. The minimum Gasteiger partial charge on any atom is -0.490 e. The van der Waals surface area contributed by atoms with Gasteiger partial charge in [-0.15, -0.1) is 0 Å². The summed E-state index contributed by atoms with van der Waals surface area (Å²) in [4.78, 5) is 12.0. The van der Waals surface area contributed by atoms with Crippen LogP contribution in [0.2, 0.25) is 10.0 Å². The molecule has 1 heterocycles. The number of benzene rings is 2. The Balaban J connectivity index is 1.71. The molecule has 8 heteroatoms. The van der Waals surface area contributed by atoms with Crippen LogP contribution in [0.3, 0.4) is 0 Å². The third-order valence-corrected chi connectivity index (χ3v) is 4.50. The zero-order chi connectivity index (χ0) is 21.5. The minimum atomic E-state index is -0.446. The Kier molecular flexibility index (Phi) is 7.38. The maximum atomic E-state index is 12.0. The van der Waals surface area contributed by atoms with Gasteiger partial charge < -0.3 is 13.9 Å². The van der Waals surface area contributed by atoms with Gasteiger partial charge in [-0.3, -0.25) is 4.79 Å². The minimum absolute atomic E-state index is 0.184. The Hall–Kier alpha value is -2.96. The number of rotatable bonds is 8. The quantitative estimate of drug-likeness (QED) is 0.359. The highest BCUT2D eigenvalue weighted by atomic mass is 35.5. The van der Waals surface area contributed by atoms with Crippen molar-refractivity contribution < 1.29 is 18.7 Å². The highest BCUT2D eigenvalue weighted by Gasteiger charge is 2.13. The Morgan fingerprint density at radius 2 is 1.90 bits per heavy atom. The van der Waals surface area contributed by atoms with Gasteiger partial charge in [0, 0.05) is 5.02 Å². The first-order chi connectivity index (χ1) is 14.5. The number of hydrogen-bond donors (Lipinski definition) is 1. The smallest absolute Gasteiger partial charge is 0.307 e. The average Bonchev–Trinajstić information content (AvgIpc) is 3.15. The first-order valence-corrected chi connectivity index (χ1v) is 9.95. The average molecular weight is 447 g/mol. The van der Waals surface area contributed by atoms with Gasteiger partial charge in [-0.05, 0) is 61.4 Å². The lowest BCUT2D eigenvalue weighted by Crippen LogP contribution is -2.16. The van der Waals surface area contributed by atoms with E-state index in [-0.39, 0.29) is 5.76 Å². The maximum absolute atomic E-state index is 12.0. The molecule has 3 rings (SSSR count). The molecule has 30 heavy (non-hydrogen) atoms. The van der Waals surface area contributed by atoms with Gasteiger partial charge in [0.1, 0.15) is 12.4 Å². The van der Waals surface area contributed by atoms with Crippen molar-refractivity contribution in [2.75, 3.05) is 6.61 Å². The molecule has 0 aliphatic carbocycles. The van der Waals surface area contributed by atoms with E-state index in [1.165, 1.54) is 6.21 Å². The van der Waals surface area contributed by atoms with Gasteiger partial charge in [-0.1, -0.05) is 35.3 Å². The zero-order valence-electron chi connectivity index (χ0n) is 16.4. The summed E-state index contributed by atoms with van der Waals surface area (Å²) < 4.78 is 16.8. The van der Waals surface area contributed by atoms with E-state index in [0.717, 1.165) is 5.56 Å². The molecule has 0 fully saturated rings. The number of nitrogens with zero attached hydrogens (tertiary/aromatic N) is 1. The van der Waals surface area contributed by atoms with Crippen LogP contribution in [0.5, 0.6) is 11.5 Å². The van der Waals surface area contributed by atoms with Crippen LogP contribution in [0.25, 0.3) is 0 Å². The van der Waals surface area contributed by atoms with Crippen LogP contribution in [0.1, 0.15) is 34.4 Å². The monoisotopic (exact) mass is 446 g/mol. The van der Waals surface area contributed by atoms with E-state index in [4.69, 9.17) is 37.1 Å². The van der Waals surface area contributed by atoms with Gasteiger partial charge in [-0.25, -0.2) is 5.43 Å². The molecular formula is C22H20Cl2N2O4. The van der Waals surface area contributed by atoms with Crippen LogP contribution in [-0.2, 0) is 6.61 Å². The lowest BCUT2D eigenvalue weighted by Gasteiger charge is -2.14. The summed E-state index contributed by atoms with van der Waals surface area (Å²) in [6.07, 6.45) is 1.46. The molecule has 0 bridgehead atoms. The van der Waals surface area contributed by atoms with Gasteiger partial charge in [0.05, 0.1) is 17.8 Å². The van der Waals surface area contributed by atoms with E-state index in [9.17, 15) is 4.79 Å². The first-order valence-electron chi connectivity index (χ1n) is 9.19. The molecular weight excluding hydrogens is 427 g/mol. The fourth-order valence-corrected chi connectivity index (χ4v) is 2.98. The highest BCUT2D eigenvalue weighted by molar-refractivity contribution is 6.32. The predicted octanol–water partition coefficient (Wildman–Crippen LogP) is 5.64. The van der Waals surface area contributed by atoms with Gasteiger partial charge in [-0.2, -0.15) is 5.10 Å². The Morgan fingerprint density at radius 3 is 2.57 bits per heavy atom. The van der Waals surface area contributed by atoms with Crippen LogP contribution in [0.15, 0.2) is 58.0 Å². The van der Waals surface area contributed by atoms with Crippen molar-refractivity contribution in [3.8, 4) is 11.5 Å². The van der Waals surface area contributed by atoms with Crippen molar-refractivity contribution in [3.05, 3.63) is 81.2 Å². The Morgan fingerprint density at radius 1 is 1.13 bits per heavy atom. The summed E-state index contributed by atoms with van der Waals surface area (Å²) in [6.45, 7) is 4.36. The van der Waals surface area contributed by atoms with E-state index >= 15 is 0 Å². The van der Waals surface area contributed by atoms with E-state index < -0.39 is 5.91 Å². The van der Waals surface area contributed by atoms with Gasteiger partial charge in [0.2, 0.25) is 0 Å². The fourth-order valence-electron chi connectivity index (χ4n) is 2.58. The first kappa shape index (κ1) is 21.7. The molecule has 0 atom stereocenters. The number of carbonyl (C=O) groups is 1. The molecule has 3 aromatic rings. The van der Waals surface area contributed by atoms with Crippen LogP contribution in [0.4, 0.5) is 0 Å². The largest absolute Gasteiger partial charge is 0.490 e. The molecule has 6 nitrogen and oxygen atoms in total. The number of hydrazone groups is 1. The summed E-state index contributed by atoms with van der Waals surface area (Å²) in [5.41, 5.74) is 3.99. The molecule has 156 valence electrons. The van der Waals surface area contributed by atoms with E-state index in [2.05, 4.69) is 10.5 Å². The number of hydrogen-bond acceptors (Lipinski definition) is 5. The lowest BCUT2D eigenvalue weighted by atomic mass is 10.2.